The van der Waals surface area contributed by atoms with Crippen molar-refractivity contribution in [3.8, 4) is 0 Å². The molecule has 162 valence electrons. The maximum absolute atomic E-state index is 14.7. The smallest absolute Gasteiger partial charge is 0.276 e. The molecule has 0 radical (unpaired) electrons. The molecule has 1 N–H and O–H groups in total. The van der Waals surface area contributed by atoms with Gasteiger partial charge in [-0.3, -0.25) is 15.0 Å². The van der Waals surface area contributed by atoms with Crippen LogP contribution in [0, 0.1) is 0 Å². The maximum atomic E-state index is 14.7. The number of aliphatic imine (C=N–C) groups is 1. The summed E-state index contributed by atoms with van der Waals surface area (Å²) in [4.78, 5) is 12.1. The molecule has 0 saturated heterocycles. The lowest BCUT2D eigenvalue weighted by Gasteiger charge is -2.24. The van der Waals surface area contributed by atoms with Gasteiger partial charge in [0, 0.05) is 43.7 Å². The zero-order valence-corrected chi connectivity index (χ0v) is 17.5. The highest BCUT2D eigenvalue weighted by molar-refractivity contribution is 5.95. The molecule has 2 unspecified atom stereocenters. The number of pyridine rings is 2. The first kappa shape index (κ1) is 22.5. The average molecular weight is 426 g/mol. The van der Waals surface area contributed by atoms with Crippen molar-refractivity contribution in [1.29, 1.82) is 0 Å². The molecule has 1 aliphatic carbocycles. The molecule has 0 aliphatic heterocycles. The monoisotopic (exact) mass is 426 g/mol. The molecule has 7 heteroatoms. The van der Waals surface area contributed by atoms with Gasteiger partial charge in [0.2, 0.25) is 0 Å². The molecule has 3 rings (SSSR count). The second-order valence-corrected chi connectivity index (χ2v) is 7.37. The largest absolute Gasteiger partial charge is 0.379 e. The quantitative estimate of drug-likeness (QED) is 0.585. The molecule has 0 amide bonds. The first-order chi connectivity index (χ1) is 14.9. The van der Waals surface area contributed by atoms with Crippen LogP contribution in [0.3, 0.4) is 0 Å². The number of allylic oxidation sites excluding steroid dienone is 4. The molecule has 31 heavy (non-hydrogen) atoms. The molecule has 0 fully saturated rings. The van der Waals surface area contributed by atoms with Crippen molar-refractivity contribution in [3.63, 3.8) is 0 Å². The van der Waals surface area contributed by atoms with Crippen molar-refractivity contribution >= 4 is 11.3 Å². The van der Waals surface area contributed by atoms with Crippen molar-refractivity contribution in [3.05, 3.63) is 89.7 Å². The maximum Gasteiger partial charge on any atom is 0.276 e. The van der Waals surface area contributed by atoms with Crippen molar-refractivity contribution in [2.45, 2.75) is 38.4 Å². The van der Waals surface area contributed by atoms with Crippen LogP contribution in [0.2, 0.25) is 0 Å². The lowest BCUT2D eigenvalue weighted by molar-refractivity contribution is 0.224. The summed E-state index contributed by atoms with van der Waals surface area (Å²) in [5, 5.41) is 3.23. The fourth-order valence-electron chi connectivity index (χ4n) is 3.40. The van der Waals surface area contributed by atoms with Gasteiger partial charge in [-0.25, -0.2) is 13.2 Å². The Morgan fingerprint density at radius 3 is 2.65 bits per heavy atom. The summed E-state index contributed by atoms with van der Waals surface area (Å²) < 4.78 is 40.5. The zero-order valence-electron chi connectivity index (χ0n) is 17.5. The van der Waals surface area contributed by atoms with E-state index in [0.29, 0.717) is 17.7 Å². The minimum atomic E-state index is -2.60. The number of nitrogens with one attached hydrogen (secondary N) is 1. The van der Waals surface area contributed by atoms with E-state index in [1.54, 1.807) is 42.9 Å². The van der Waals surface area contributed by atoms with E-state index in [0.717, 1.165) is 22.5 Å². The van der Waals surface area contributed by atoms with Crippen LogP contribution in [0.25, 0.3) is 5.57 Å². The predicted octanol–water partition coefficient (Wildman–Crippen LogP) is 5.27. The molecule has 2 heterocycles. The number of alkyl halides is 3. The van der Waals surface area contributed by atoms with E-state index in [-0.39, 0.29) is 18.1 Å². The van der Waals surface area contributed by atoms with Gasteiger partial charge in [-0.2, -0.15) is 0 Å². The summed E-state index contributed by atoms with van der Waals surface area (Å²) in [6.07, 6.45) is 4.69. The van der Waals surface area contributed by atoms with Gasteiger partial charge in [0.1, 0.15) is 6.17 Å². The summed E-state index contributed by atoms with van der Waals surface area (Å²) in [6, 6.07) is 7.26. The number of nitrogens with zero attached hydrogens (tertiary/aromatic N) is 3. The average Bonchev–Trinajstić information content (AvgIpc) is 2.78. The highest BCUT2D eigenvalue weighted by Crippen LogP contribution is 2.31. The number of aromatic nitrogens is 2. The van der Waals surface area contributed by atoms with Gasteiger partial charge < -0.3 is 5.32 Å². The van der Waals surface area contributed by atoms with Crippen molar-refractivity contribution in [1.82, 2.24) is 15.3 Å². The van der Waals surface area contributed by atoms with E-state index in [1.165, 1.54) is 7.05 Å². The van der Waals surface area contributed by atoms with E-state index < -0.39 is 12.6 Å². The van der Waals surface area contributed by atoms with Crippen LogP contribution in [0.1, 0.15) is 36.1 Å². The Kier molecular flexibility index (Phi) is 7.39. The molecule has 0 spiro atoms. The van der Waals surface area contributed by atoms with Gasteiger partial charge in [0.15, 0.2) is 0 Å². The van der Waals surface area contributed by atoms with Gasteiger partial charge in [0.05, 0.1) is 18.0 Å². The van der Waals surface area contributed by atoms with Gasteiger partial charge >= 0.3 is 0 Å². The van der Waals surface area contributed by atoms with Gasteiger partial charge in [-0.1, -0.05) is 24.8 Å². The predicted molar refractivity (Wildman–Crippen MR) is 118 cm³/mol. The fraction of sp³-hybridized carbons (Fsp3) is 0.292. The van der Waals surface area contributed by atoms with Crippen molar-refractivity contribution in [2.75, 3.05) is 7.05 Å². The summed E-state index contributed by atoms with van der Waals surface area (Å²) in [5.74, 6) is -0.354. The Morgan fingerprint density at radius 2 is 2.03 bits per heavy atom. The van der Waals surface area contributed by atoms with Crippen LogP contribution in [0.5, 0.6) is 0 Å². The Labute approximate surface area is 180 Å². The molecule has 2 aromatic heterocycles. The number of hydrogen-bond donors (Lipinski definition) is 1. The number of rotatable bonds is 8. The van der Waals surface area contributed by atoms with E-state index >= 15 is 0 Å². The highest BCUT2D eigenvalue weighted by Gasteiger charge is 2.24. The Balaban J connectivity index is 1.60. The van der Waals surface area contributed by atoms with Crippen LogP contribution in [0.15, 0.2) is 77.8 Å². The normalized spacial score (nSPS) is 19.1. The van der Waals surface area contributed by atoms with Crippen LogP contribution in [-0.4, -0.2) is 35.3 Å². The van der Waals surface area contributed by atoms with Gasteiger partial charge in [0.25, 0.3) is 6.43 Å². The Morgan fingerprint density at radius 1 is 1.23 bits per heavy atom. The van der Waals surface area contributed by atoms with Crippen molar-refractivity contribution in [2.24, 2.45) is 4.99 Å². The summed E-state index contributed by atoms with van der Waals surface area (Å²) >= 11 is 0. The fourth-order valence-corrected chi connectivity index (χ4v) is 3.40. The van der Waals surface area contributed by atoms with E-state index in [2.05, 4.69) is 26.9 Å². The first-order valence-corrected chi connectivity index (χ1v) is 9.94. The first-order valence-electron chi connectivity index (χ1n) is 9.94. The van der Waals surface area contributed by atoms with E-state index in [4.69, 9.17) is 0 Å². The van der Waals surface area contributed by atoms with Gasteiger partial charge in [-0.05, 0) is 47.4 Å². The molecular weight excluding hydrogens is 401 g/mol. The molecule has 0 bridgehead atoms. The third-order valence-electron chi connectivity index (χ3n) is 5.22. The SMILES string of the molecule is C=C(CC(=NC)C(F)F)c1ccc(CNC2=CC(F)C(c3cccnc3)C=C2C)nc1. The Hall–Kier alpha value is -3.22. The molecule has 2 atom stereocenters. The molecule has 0 saturated carbocycles. The van der Waals surface area contributed by atoms with Crippen LogP contribution in [-0.2, 0) is 6.54 Å². The lowest BCUT2D eigenvalue weighted by Crippen LogP contribution is -2.22. The lowest BCUT2D eigenvalue weighted by atomic mass is 9.88. The molecule has 1 aliphatic rings. The third kappa shape index (κ3) is 5.69. The minimum Gasteiger partial charge on any atom is -0.379 e. The summed E-state index contributed by atoms with van der Waals surface area (Å²) in [5.41, 5.74) is 4.27. The second-order valence-electron chi connectivity index (χ2n) is 7.37. The number of halogens is 3. The van der Waals surface area contributed by atoms with E-state index in [1.807, 2.05) is 19.1 Å². The summed E-state index contributed by atoms with van der Waals surface area (Å²) in [7, 11) is 1.35. The Bertz CT molecular complexity index is 995. The second kappa shape index (κ2) is 10.2. The standard InChI is InChI=1S/C24H25F3N4/c1-15(10-23(28-3)24(26)27)17-6-7-19(30-13-17)14-31-22-11-21(25)20(9-16(22)2)18-5-4-8-29-12-18/h4-9,11-13,20-21,24,31H,1,10,14H2,2-3H3. The molecule has 0 aromatic carbocycles. The van der Waals surface area contributed by atoms with Crippen molar-refractivity contribution < 1.29 is 13.2 Å². The van der Waals surface area contributed by atoms with Crippen LogP contribution in [0.4, 0.5) is 13.2 Å². The third-order valence-corrected chi connectivity index (χ3v) is 5.22. The number of hydrogen-bond acceptors (Lipinski definition) is 4. The molecule has 4 nitrogen and oxygen atoms in total. The zero-order chi connectivity index (χ0) is 22.4. The molecular formula is C24H25F3N4. The topological polar surface area (TPSA) is 50.2 Å². The molecule has 2 aromatic rings. The van der Waals surface area contributed by atoms with Crippen LogP contribution >= 0.6 is 0 Å². The van der Waals surface area contributed by atoms with Crippen LogP contribution < -0.4 is 5.32 Å². The van der Waals surface area contributed by atoms with E-state index in [9.17, 15) is 13.2 Å². The summed E-state index contributed by atoms with van der Waals surface area (Å²) in [6.45, 7) is 6.21. The van der Waals surface area contributed by atoms with Gasteiger partial charge in [-0.15, -0.1) is 0 Å². The highest BCUT2D eigenvalue weighted by atomic mass is 19.3. The minimum absolute atomic E-state index is 0.000306.